The molecule has 5 rings (SSSR count). The Balaban J connectivity index is 1.29. The molecule has 2 aromatic rings. The van der Waals surface area contributed by atoms with Crippen LogP contribution in [0.5, 0.6) is 11.5 Å². The Labute approximate surface area is 198 Å². The molecule has 6 nitrogen and oxygen atoms in total. The van der Waals surface area contributed by atoms with E-state index in [0.29, 0.717) is 13.0 Å². The maximum atomic E-state index is 13.3. The highest BCUT2D eigenvalue weighted by molar-refractivity contribution is 7.88. The van der Waals surface area contributed by atoms with Gasteiger partial charge in [-0.3, -0.25) is 9.69 Å². The molecular formula is C26H30N2O4S. The molecule has 33 heavy (non-hydrogen) atoms. The Morgan fingerprint density at radius 3 is 2.64 bits per heavy atom. The number of benzene rings is 2. The summed E-state index contributed by atoms with van der Waals surface area (Å²) in [6, 6.07) is 13.7. The fraction of sp³-hybridized carbons (Fsp3) is 0.423. The van der Waals surface area contributed by atoms with E-state index in [1.165, 1.54) is 0 Å². The lowest BCUT2D eigenvalue weighted by atomic mass is 9.70. The molecule has 0 radical (unpaired) electrons. The van der Waals surface area contributed by atoms with Crippen LogP contribution in [0.1, 0.15) is 35.3 Å². The van der Waals surface area contributed by atoms with Crippen molar-refractivity contribution in [2.45, 2.75) is 25.7 Å². The van der Waals surface area contributed by atoms with Crippen LogP contribution in [0.25, 0.3) is 0 Å². The van der Waals surface area contributed by atoms with Crippen LogP contribution < -0.4 is 9.47 Å². The molecule has 2 aliphatic heterocycles. The normalized spacial score (nSPS) is 21.0. The molecule has 3 aliphatic rings. The van der Waals surface area contributed by atoms with Crippen molar-refractivity contribution >= 4 is 17.1 Å². The second-order valence-corrected chi connectivity index (χ2v) is 10.8. The van der Waals surface area contributed by atoms with E-state index >= 15 is 0 Å². The number of rotatable bonds is 5. The minimum absolute atomic E-state index is 0.0477. The third-order valence-electron chi connectivity index (χ3n) is 6.95. The number of fused-ring (bicyclic) bond motifs is 2. The summed E-state index contributed by atoms with van der Waals surface area (Å²) in [6.45, 7) is 9.04. The molecule has 2 heterocycles. The Hall–Kier alpha value is -2.32. The van der Waals surface area contributed by atoms with Crippen molar-refractivity contribution in [2.24, 2.45) is 0 Å². The number of hydrogen-bond donors (Lipinski definition) is 0. The Morgan fingerprint density at radius 2 is 1.88 bits per heavy atom. The van der Waals surface area contributed by atoms with Crippen LogP contribution in [-0.4, -0.2) is 65.1 Å². The fourth-order valence-electron chi connectivity index (χ4n) is 5.00. The van der Waals surface area contributed by atoms with Crippen LogP contribution in [-0.2, 0) is 23.2 Å². The zero-order valence-corrected chi connectivity index (χ0v) is 20.2. The standard InChI is InChI=1S/C26H30N2O4S/c1-26(2)22-17-19(31-15-14-27-10-12-28(13-11-27)33(3)30)8-9-20(22)24(29)21-16-18-6-4-5-7-23(18)32-25(21)26/h4-9,17H,10-16H2,1-3H3. The lowest BCUT2D eigenvalue weighted by Crippen LogP contribution is -2.49. The number of ether oxygens (including phenoxy) is 2. The van der Waals surface area contributed by atoms with Crippen molar-refractivity contribution < 1.29 is 18.8 Å². The van der Waals surface area contributed by atoms with Crippen molar-refractivity contribution in [3.63, 3.8) is 0 Å². The summed E-state index contributed by atoms with van der Waals surface area (Å²) < 4.78 is 26.0. The minimum Gasteiger partial charge on any atom is -0.598 e. The highest BCUT2D eigenvalue weighted by atomic mass is 32.2. The Morgan fingerprint density at radius 1 is 1.12 bits per heavy atom. The second-order valence-electron chi connectivity index (χ2n) is 9.40. The van der Waals surface area contributed by atoms with Gasteiger partial charge in [-0.05, 0) is 49.2 Å². The highest BCUT2D eigenvalue weighted by Crippen LogP contribution is 2.46. The van der Waals surface area contributed by atoms with Gasteiger partial charge in [0.05, 0.1) is 13.1 Å². The number of ketones is 1. The Bertz CT molecular complexity index is 1100. The maximum Gasteiger partial charge on any atom is 0.193 e. The van der Waals surface area contributed by atoms with Crippen molar-refractivity contribution in [1.29, 1.82) is 0 Å². The zero-order chi connectivity index (χ0) is 23.2. The average Bonchev–Trinajstić information content (AvgIpc) is 2.82. The molecule has 1 saturated heterocycles. The molecule has 0 saturated carbocycles. The number of carbonyl (C=O) groups is 1. The number of allylic oxidation sites excluding steroid dienone is 2. The van der Waals surface area contributed by atoms with E-state index in [-0.39, 0.29) is 5.78 Å². The fourth-order valence-corrected chi connectivity index (χ4v) is 5.67. The molecule has 1 fully saturated rings. The van der Waals surface area contributed by atoms with Crippen LogP contribution in [0.15, 0.2) is 53.8 Å². The first-order valence-electron chi connectivity index (χ1n) is 11.5. The van der Waals surface area contributed by atoms with E-state index in [9.17, 15) is 9.35 Å². The van der Waals surface area contributed by atoms with Gasteiger partial charge in [0, 0.05) is 54.0 Å². The summed E-state index contributed by atoms with van der Waals surface area (Å²) in [6.07, 6.45) is 2.33. The lowest BCUT2D eigenvalue weighted by Gasteiger charge is -2.38. The predicted octanol–water partition coefficient (Wildman–Crippen LogP) is 3.34. The van der Waals surface area contributed by atoms with Crippen molar-refractivity contribution in [2.75, 3.05) is 45.6 Å². The molecular weight excluding hydrogens is 436 g/mol. The summed E-state index contributed by atoms with van der Waals surface area (Å²) in [5, 5.41) is 0. The van der Waals surface area contributed by atoms with Crippen molar-refractivity contribution in [1.82, 2.24) is 9.21 Å². The molecule has 0 spiro atoms. The molecule has 0 bridgehead atoms. The molecule has 1 unspecified atom stereocenters. The van der Waals surface area contributed by atoms with E-state index in [1.807, 2.05) is 46.8 Å². The third-order valence-corrected chi connectivity index (χ3v) is 8.04. The van der Waals surface area contributed by atoms with Gasteiger partial charge in [0.2, 0.25) is 0 Å². The quantitative estimate of drug-likeness (QED) is 0.630. The van der Waals surface area contributed by atoms with Crippen LogP contribution >= 0.6 is 0 Å². The number of hydrogen-bond acceptors (Lipinski definition) is 6. The van der Waals surface area contributed by atoms with E-state index in [1.54, 1.807) is 6.26 Å². The van der Waals surface area contributed by atoms with Gasteiger partial charge in [-0.2, -0.15) is 0 Å². The number of carbonyl (C=O) groups excluding carboxylic acids is 1. The molecule has 7 heteroatoms. The molecule has 1 atom stereocenters. The first kappa shape index (κ1) is 22.5. The van der Waals surface area contributed by atoms with E-state index in [0.717, 1.165) is 72.2 Å². The molecule has 174 valence electrons. The van der Waals surface area contributed by atoms with Gasteiger partial charge in [-0.1, -0.05) is 18.2 Å². The molecule has 0 N–H and O–H groups in total. The van der Waals surface area contributed by atoms with Gasteiger partial charge >= 0.3 is 0 Å². The number of nitrogens with zero attached hydrogens (tertiary/aromatic N) is 2. The predicted molar refractivity (Wildman–Crippen MR) is 129 cm³/mol. The zero-order valence-electron chi connectivity index (χ0n) is 19.4. The summed E-state index contributed by atoms with van der Waals surface area (Å²) >= 11 is -0.896. The van der Waals surface area contributed by atoms with E-state index in [4.69, 9.17) is 9.47 Å². The van der Waals surface area contributed by atoms with Crippen LogP contribution in [0, 0.1) is 0 Å². The monoisotopic (exact) mass is 466 g/mol. The average molecular weight is 467 g/mol. The summed E-state index contributed by atoms with van der Waals surface area (Å²) in [4.78, 5) is 15.7. The molecule has 2 aromatic carbocycles. The van der Waals surface area contributed by atoms with Crippen LogP contribution in [0.3, 0.4) is 0 Å². The van der Waals surface area contributed by atoms with Gasteiger partial charge in [-0.25, -0.2) is 0 Å². The number of piperazine rings is 1. The maximum absolute atomic E-state index is 13.3. The SMILES string of the molecule is C[S+]([O-])N1CCN(CCOc2ccc3c(c2)C(C)(C)C2=C(Cc4ccccc4O2)C3=O)CC1. The largest absolute Gasteiger partial charge is 0.598 e. The Kier molecular flexibility index (Phi) is 5.99. The van der Waals surface area contributed by atoms with Crippen molar-refractivity contribution in [3.8, 4) is 11.5 Å². The van der Waals surface area contributed by atoms with Gasteiger partial charge in [0.25, 0.3) is 0 Å². The summed E-state index contributed by atoms with van der Waals surface area (Å²) in [7, 11) is 0. The first-order chi connectivity index (χ1) is 15.8. The van der Waals surface area contributed by atoms with E-state index in [2.05, 4.69) is 18.7 Å². The topological polar surface area (TPSA) is 65.1 Å². The number of Topliss-reactive ketones (excluding diaryl/α,β-unsaturated/α-hetero) is 1. The van der Waals surface area contributed by atoms with Gasteiger partial charge < -0.3 is 14.0 Å². The smallest absolute Gasteiger partial charge is 0.193 e. The summed E-state index contributed by atoms with van der Waals surface area (Å²) in [5.74, 6) is 2.40. The molecule has 0 aromatic heterocycles. The third kappa shape index (κ3) is 4.19. The van der Waals surface area contributed by atoms with Crippen LogP contribution in [0.2, 0.25) is 0 Å². The first-order valence-corrected chi connectivity index (χ1v) is 13.0. The lowest BCUT2D eigenvalue weighted by molar-refractivity contribution is 0.101. The van der Waals surface area contributed by atoms with Crippen LogP contribution in [0.4, 0.5) is 0 Å². The highest BCUT2D eigenvalue weighted by Gasteiger charge is 2.43. The molecule has 0 amide bonds. The van der Waals surface area contributed by atoms with E-state index < -0.39 is 16.8 Å². The van der Waals surface area contributed by atoms with Gasteiger partial charge in [-0.15, -0.1) is 4.31 Å². The summed E-state index contributed by atoms with van der Waals surface area (Å²) in [5.41, 5.74) is 3.05. The second kappa shape index (κ2) is 8.80. The van der Waals surface area contributed by atoms with Crippen molar-refractivity contribution in [3.05, 3.63) is 70.5 Å². The minimum atomic E-state index is -0.896. The number of para-hydroxylation sites is 1. The van der Waals surface area contributed by atoms with Gasteiger partial charge in [0.1, 0.15) is 30.1 Å². The van der Waals surface area contributed by atoms with Gasteiger partial charge in [0.15, 0.2) is 5.78 Å². The molecule has 1 aliphatic carbocycles.